The van der Waals surface area contributed by atoms with Crippen LogP contribution in [0, 0.1) is 0 Å². The molecule has 1 saturated heterocycles. The van der Waals surface area contributed by atoms with Crippen molar-refractivity contribution in [3.63, 3.8) is 0 Å². The largest absolute Gasteiger partial charge is 0.468 e. The first-order valence-corrected chi connectivity index (χ1v) is 6.88. The van der Waals surface area contributed by atoms with Gasteiger partial charge >= 0.3 is 12.0 Å². The maximum Gasteiger partial charge on any atom is 0.329 e. The summed E-state index contributed by atoms with van der Waals surface area (Å²) in [5.74, 6) is -0.347. The number of amides is 3. The number of hydrogen-bond acceptors (Lipinski definition) is 6. The van der Waals surface area contributed by atoms with E-state index in [1.165, 1.54) is 13.2 Å². The Bertz CT molecular complexity index is 745. The van der Waals surface area contributed by atoms with Gasteiger partial charge in [-0.05, 0) is 17.7 Å². The number of nitrogens with one attached hydrogen (secondary N) is 1. The lowest BCUT2D eigenvalue weighted by Gasteiger charge is -2.09. The molecule has 8 nitrogen and oxygen atoms in total. The number of carbonyl (C=O) groups is 3. The monoisotopic (exact) mass is 338 g/mol. The molecule has 1 aromatic carbocycles. The smallest absolute Gasteiger partial charge is 0.329 e. The molecule has 1 fully saturated rings. The van der Waals surface area contributed by atoms with Gasteiger partial charge in [-0.1, -0.05) is 11.6 Å². The Labute approximate surface area is 135 Å². The Morgan fingerprint density at radius 3 is 2.78 bits per heavy atom. The van der Waals surface area contributed by atoms with Gasteiger partial charge in [0.15, 0.2) is 11.5 Å². The van der Waals surface area contributed by atoms with E-state index in [-0.39, 0.29) is 12.5 Å². The van der Waals surface area contributed by atoms with Gasteiger partial charge in [-0.15, -0.1) is 0 Å². The molecule has 2 heterocycles. The molecule has 120 valence electrons. The minimum Gasteiger partial charge on any atom is -0.468 e. The van der Waals surface area contributed by atoms with E-state index in [4.69, 9.17) is 21.1 Å². The third kappa shape index (κ3) is 2.80. The summed E-state index contributed by atoms with van der Waals surface area (Å²) in [5, 5.41) is 2.72. The van der Waals surface area contributed by atoms with E-state index < -0.39 is 24.5 Å². The molecule has 3 rings (SSSR count). The van der Waals surface area contributed by atoms with Gasteiger partial charge < -0.3 is 19.5 Å². The molecule has 0 spiro atoms. The second-order valence-corrected chi connectivity index (χ2v) is 5.09. The van der Waals surface area contributed by atoms with Crippen LogP contribution in [0.3, 0.4) is 0 Å². The predicted octanol–water partition coefficient (Wildman–Crippen LogP) is 1.13. The van der Waals surface area contributed by atoms with E-state index in [1.54, 1.807) is 12.1 Å². The van der Waals surface area contributed by atoms with E-state index in [9.17, 15) is 14.4 Å². The van der Waals surface area contributed by atoms with Crippen LogP contribution < -0.4 is 14.8 Å². The van der Waals surface area contributed by atoms with E-state index in [2.05, 4.69) is 10.1 Å². The number of nitrogens with zero attached hydrogens (tertiary/aromatic N) is 1. The quantitative estimate of drug-likeness (QED) is 0.504. The number of fused-ring (bicyclic) bond motifs is 1. The Morgan fingerprint density at radius 2 is 2.09 bits per heavy atom. The average molecular weight is 339 g/mol. The van der Waals surface area contributed by atoms with E-state index >= 15 is 0 Å². The molecule has 0 radical (unpaired) electrons. The second-order valence-electron chi connectivity index (χ2n) is 4.68. The van der Waals surface area contributed by atoms with Gasteiger partial charge in [-0.2, -0.15) is 0 Å². The van der Waals surface area contributed by atoms with Gasteiger partial charge in [0, 0.05) is 6.07 Å². The van der Waals surface area contributed by atoms with Crippen LogP contribution in [0.4, 0.5) is 4.79 Å². The van der Waals surface area contributed by atoms with Gasteiger partial charge in [0.25, 0.3) is 5.91 Å². The number of methoxy groups -OCH3 is 1. The maximum absolute atomic E-state index is 12.2. The van der Waals surface area contributed by atoms with Gasteiger partial charge in [0.05, 0.1) is 12.1 Å². The zero-order chi connectivity index (χ0) is 16.6. The summed E-state index contributed by atoms with van der Waals surface area (Å²) >= 11 is 6.12. The molecular weight excluding hydrogens is 328 g/mol. The highest BCUT2D eigenvalue weighted by Crippen LogP contribution is 2.37. The molecule has 0 saturated carbocycles. The molecular formula is C14H11ClN2O6. The van der Waals surface area contributed by atoms with Crippen molar-refractivity contribution in [3.05, 3.63) is 28.4 Å². The fraction of sp³-hybridized carbons (Fsp3) is 0.214. The van der Waals surface area contributed by atoms with Crippen molar-refractivity contribution < 1.29 is 28.6 Å². The number of halogens is 1. The molecule has 2 aliphatic heterocycles. The lowest BCUT2D eigenvalue weighted by Crippen LogP contribution is -2.36. The molecule has 9 heteroatoms. The van der Waals surface area contributed by atoms with Crippen molar-refractivity contribution >= 4 is 35.6 Å². The third-order valence-electron chi connectivity index (χ3n) is 3.27. The topological polar surface area (TPSA) is 94.2 Å². The molecule has 1 N–H and O–H groups in total. The Balaban J connectivity index is 1.88. The molecule has 0 aliphatic carbocycles. The summed E-state index contributed by atoms with van der Waals surface area (Å²) in [7, 11) is 1.17. The minimum atomic E-state index is -0.705. The lowest BCUT2D eigenvalue weighted by molar-refractivity contribution is -0.143. The second kappa shape index (κ2) is 5.81. The highest BCUT2D eigenvalue weighted by atomic mass is 35.5. The highest BCUT2D eigenvalue weighted by Gasteiger charge is 2.35. The van der Waals surface area contributed by atoms with Crippen molar-refractivity contribution in [1.29, 1.82) is 0 Å². The van der Waals surface area contributed by atoms with Crippen molar-refractivity contribution in [2.75, 3.05) is 20.4 Å². The first-order chi connectivity index (χ1) is 11.0. The molecule has 3 amide bonds. The number of imide groups is 1. The van der Waals surface area contributed by atoms with Gasteiger partial charge in [-0.3, -0.25) is 9.59 Å². The minimum absolute atomic E-state index is 0.000307. The molecule has 23 heavy (non-hydrogen) atoms. The molecule has 0 unspecified atom stereocenters. The Morgan fingerprint density at radius 1 is 1.39 bits per heavy atom. The number of benzene rings is 1. The summed E-state index contributed by atoms with van der Waals surface area (Å²) in [5.41, 5.74) is 0.471. The van der Waals surface area contributed by atoms with Crippen LogP contribution in [0.25, 0.3) is 6.08 Å². The predicted molar refractivity (Wildman–Crippen MR) is 77.8 cm³/mol. The summed E-state index contributed by atoms with van der Waals surface area (Å²) in [6.07, 6.45) is 1.40. The SMILES string of the molecule is COC(=O)CN1C(=O)NC(=Cc2cc3c(cc2Cl)OCO3)C1=O. The van der Waals surface area contributed by atoms with Crippen LogP contribution in [-0.2, 0) is 14.3 Å². The third-order valence-corrected chi connectivity index (χ3v) is 3.60. The molecule has 0 atom stereocenters. The van der Waals surface area contributed by atoms with Crippen molar-refractivity contribution in [3.8, 4) is 11.5 Å². The maximum atomic E-state index is 12.2. The fourth-order valence-electron chi connectivity index (χ4n) is 2.11. The number of hydrogen-bond donors (Lipinski definition) is 1. The molecule has 1 aromatic rings. The Hall–Kier alpha value is -2.74. The first-order valence-electron chi connectivity index (χ1n) is 6.50. The zero-order valence-electron chi connectivity index (χ0n) is 11.9. The number of urea groups is 1. The van der Waals surface area contributed by atoms with Crippen LogP contribution in [0.5, 0.6) is 11.5 Å². The van der Waals surface area contributed by atoms with Crippen molar-refractivity contribution in [2.45, 2.75) is 0 Å². The summed E-state index contributed by atoms with van der Waals surface area (Å²) in [4.78, 5) is 35.9. The van der Waals surface area contributed by atoms with Gasteiger partial charge in [0.2, 0.25) is 6.79 Å². The normalized spacial score (nSPS) is 17.7. The van der Waals surface area contributed by atoms with E-state index in [0.717, 1.165) is 4.90 Å². The lowest BCUT2D eigenvalue weighted by atomic mass is 10.1. The average Bonchev–Trinajstić information content (AvgIpc) is 3.07. The van der Waals surface area contributed by atoms with Crippen molar-refractivity contribution in [2.24, 2.45) is 0 Å². The highest BCUT2D eigenvalue weighted by molar-refractivity contribution is 6.32. The summed E-state index contributed by atoms with van der Waals surface area (Å²) in [6.45, 7) is -0.373. The van der Waals surface area contributed by atoms with Crippen molar-refractivity contribution in [1.82, 2.24) is 10.2 Å². The summed E-state index contributed by atoms with van der Waals surface area (Å²) < 4.78 is 14.9. The van der Waals surface area contributed by atoms with Gasteiger partial charge in [0.1, 0.15) is 12.2 Å². The van der Waals surface area contributed by atoms with E-state index in [0.29, 0.717) is 22.1 Å². The number of ether oxygens (including phenoxy) is 3. The van der Waals surface area contributed by atoms with Crippen LogP contribution >= 0.6 is 11.6 Å². The van der Waals surface area contributed by atoms with Crippen LogP contribution in [0.2, 0.25) is 5.02 Å². The fourth-order valence-corrected chi connectivity index (χ4v) is 2.32. The molecule has 0 bridgehead atoms. The molecule has 0 aromatic heterocycles. The van der Waals surface area contributed by atoms with E-state index in [1.807, 2.05) is 0 Å². The number of carbonyl (C=O) groups excluding carboxylic acids is 3. The number of esters is 1. The Kier molecular flexibility index (Phi) is 3.83. The van der Waals surface area contributed by atoms with Crippen LogP contribution in [-0.4, -0.2) is 43.3 Å². The van der Waals surface area contributed by atoms with Crippen LogP contribution in [0.15, 0.2) is 17.8 Å². The number of rotatable bonds is 3. The summed E-state index contributed by atoms with van der Waals surface area (Å²) in [6, 6.07) is 2.45. The standard InChI is InChI=1S/C14H11ClN2O6/c1-21-12(18)5-17-13(19)9(16-14(17)20)2-7-3-10-11(4-8(7)15)23-6-22-10/h2-4H,5-6H2,1H3,(H,16,20). The van der Waals surface area contributed by atoms with Gasteiger partial charge in [-0.25, -0.2) is 9.69 Å². The zero-order valence-corrected chi connectivity index (χ0v) is 12.7. The first kappa shape index (κ1) is 15.2. The molecule has 2 aliphatic rings. The van der Waals surface area contributed by atoms with Crippen LogP contribution in [0.1, 0.15) is 5.56 Å².